The third-order valence-electron chi connectivity index (χ3n) is 1.36. The maximum absolute atomic E-state index is 11.1. The highest BCUT2D eigenvalue weighted by Gasteiger charge is 1.95. The van der Waals surface area contributed by atoms with Crippen molar-refractivity contribution >= 4 is 11.6 Å². The summed E-state index contributed by atoms with van der Waals surface area (Å²) in [7, 11) is 1.79. The van der Waals surface area contributed by atoms with Crippen molar-refractivity contribution in [3.05, 3.63) is 33.2 Å². The van der Waals surface area contributed by atoms with Gasteiger partial charge in [-0.15, -0.1) is 0 Å². The number of halogens is 1. The summed E-state index contributed by atoms with van der Waals surface area (Å²) in [5.74, 6) is 5.49. The van der Waals surface area contributed by atoms with Crippen LogP contribution in [0.25, 0.3) is 0 Å². The summed E-state index contributed by atoms with van der Waals surface area (Å²) >= 11 is 5.68. The largest absolute Gasteiger partial charge is 0.327 e. The predicted octanol–water partition coefficient (Wildman–Crippen LogP) is 0.599. The minimum absolute atomic E-state index is 0.215. The van der Waals surface area contributed by atoms with Gasteiger partial charge >= 0.3 is 0 Å². The Hall–Kier alpha value is -1.24. The van der Waals surface area contributed by atoms with E-state index in [9.17, 15) is 4.79 Å². The molecule has 68 valence electrons. The van der Waals surface area contributed by atoms with E-state index in [-0.39, 0.29) is 5.56 Å². The van der Waals surface area contributed by atoms with Gasteiger partial charge in [0.25, 0.3) is 5.56 Å². The SMILES string of the molecule is CNCC#Cc1cc(Cl)c[nH]c1=O. The van der Waals surface area contributed by atoms with Gasteiger partial charge in [0.05, 0.1) is 17.1 Å². The molecule has 0 saturated carbocycles. The average Bonchev–Trinajstić information content (AvgIpc) is 2.11. The van der Waals surface area contributed by atoms with Crippen molar-refractivity contribution < 1.29 is 0 Å². The maximum atomic E-state index is 11.1. The molecule has 4 heteroatoms. The minimum Gasteiger partial charge on any atom is -0.327 e. The van der Waals surface area contributed by atoms with Crippen LogP contribution in [0.4, 0.5) is 0 Å². The maximum Gasteiger partial charge on any atom is 0.263 e. The lowest BCUT2D eigenvalue weighted by molar-refractivity contribution is 0.938. The fraction of sp³-hybridized carbons (Fsp3) is 0.222. The summed E-state index contributed by atoms with van der Waals surface area (Å²) in [4.78, 5) is 13.6. The number of hydrogen-bond donors (Lipinski definition) is 2. The standard InChI is InChI=1S/C9H9ClN2O/c1-11-4-2-3-7-5-8(10)6-12-9(7)13/h5-6,11H,4H2,1H3,(H,12,13). The van der Waals surface area contributed by atoms with Crippen molar-refractivity contribution in [3.8, 4) is 11.8 Å². The van der Waals surface area contributed by atoms with E-state index in [1.165, 1.54) is 6.20 Å². The average molecular weight is 197 g/mol. The quantitative estimate of drug-likeness (QED) is 0.647. The lowest BCUT2D eigenvalue weighted by atomic mass is 10.3. The van der Waals surface area contributed by atoms with Gasteiger partial charge in [0.1, 0.15) is 0 Å². The van der Waals surface area contributed by atoms with Crippen LogP contribution >= 0.6 is 11.6 Å². The summed E-state index contributed by atoms with van der Waals surface area (Å²) < 4.78 is 0. The van der Waals surface area contributed by atoms with Crippen LogP contribution in [0, 0.1) is 11.8 Å². The molecule has 0 aliphatic heterocycles. The van der Waals surface area contributed by atoms with E-state index in [1.54, 1.807) is 13.1 Å². The van der Waals surface area contributed by atoms with E-state index >= 15 is 0 Å². The molecule has 1 heterocycles. The molecule has 0 amide bonds. The molecule has 0 saturated heterocycles. The van der Waals surface area contributed by atoms with Crippen LogP contribution in [0.1, 0.15) is 5.56 Å². The van der Waals surface area contributed by atoms with Crippen molar-refractivity contribution in [2.75, 3.05) is 13.6 Å². The summed E-state index contributed by atoms with van der Waals surface area (Å²) in [5, 5.41) is 3.33. The van der Waals surface area contributed by atoms with Gasteiger partial charge in [-0.3, -0.25) is 4.79 Å². The second kappa shape index (κ2) is 4.70. The lowest BCUT2D eigenvalue weighted by Gasteiger charge is -1.90. The Labute approximate surface area is 81.1 Å². The van der Waals surface area contributed by atoms with Crippen LogP contribution in [0.2, 0.25) is 5.02 Å². The van der Waals surface area contributed by atoms with Crippen LogP contribution in [-0.4, -0.2) is 18.6 Å². The molecule has 0 aliphatic rings. The first kappa shape index (κ1) is 9.85. The van der Waals surface area contributed by atoms with Gasteiger partial charge in [0, 0.05) is 6.20 Å². The van der Waals surface area contributed by atoms with Crippen LogP contribution in [0.3, 0.4) is 0 Å². The molecule has 1 aromatic heterocycles. The molecule has 0 aliphatic carbocycles. The Balaban J connectivity index is 2.96. The molecular formula is C9H9ClN2O. The molecule has 13 heavy (non-hydrogen) atoms. The number of pyridine rings is 1. The summed E-state index contributed by atoms with van der Waals surface area (Å²) in [6, 6.07) is 1.54. The van der Waals surface area contributed by atoms with E-state index < -0.39 is 0 Å². The predicted molar refractivity (Wildman–Crippen MR) is 52.9 cm³/mol. The Bertz CT molecular complexity index is 400. The van der Waals surface area contributed by atoms with E-state index in [0.717, 1.165) is 0 Å². The Kier molecular flexibility index (Phi) is 3.56. The summed E-state index contributed by atoms with van der Waals surface area (Å²) in [6.45, 7) is 0.548. The molecule has 0 aromatic carbocycles. The van der Waals surface area contributed by atoms with Crippen LogP contribution in [-0.2, 0) is 0 Å². The molecule has 0 fully saturated rings. The molecule has 0 bridgehead atoms. The van der Waals surface area contributed by atoms with Crippen LogP contribution in [0.15, 0.2) is 17.1 Å². The van der Waals surface area contributed by atoms with Gasteiger partial charge < -0.3 is 10.3 Å². The van der Waals surface area contributed by atoms with E-state index in [4.69, 9.17) is 11.6 Å². The van der Waals surface area contributed by atoms with E-state index in [0.29, 0.717) is 17.1 Å². The van der Waals surface area contributed by atoms with Gasteiger partial charge in [-0.05, 0) is 13.1 Å². The zero-order valence-electron chi connectivity index (χ0n) is 7.15. The molecule has 3 nitrogen and oxygen atoms in total. The van der Waals surface area contributed by atoms with Crippen molar-refractivity contribution in [1.82, 2.24) is 10.3 Å². The van der Waals surface area contributed by atoms with Crippen LogP contribution in [0.5, 0.6) is 0 Å². The smallest absolute Gasteiger partial charge is 0.263 e. The fourth-order valence-corrected chi connectivity index (χ4v) is 0.942. The third kappa shape index (κ3) is 2.94. The van der Waals surface area contributed by atoms with Crippen molar-refractivity contribution in [2.24, 2.45) is 0 Å². The first-order valence-corrected chi connectivity index (χ1v) is 4.13. The summed E-state index contributed by atoms with van der Waals surface area (Å²) in [5.41, 5.74) is 0.177. The Morgan fingerprint density at radius 3 is 3.15 bits per heavy atom. The zero-order valence-corrected chi connectivity index (χ0v) is 7.90. The number of rotatable bonds is 1. The molecule has 0 radical (unpaired) electrons. The van der Waals surface area contributed by atoms with Crippen LogP contribution < -0.4 is 10.9 Å². The highest BCUT2D eigenvalue weighted by atomic mass is 35.5. The number of aromatic amines is 1. The van der Waals surface area contributed by atoms with E-state index in [1.807, 2.05) is 0 Å². The van der Waals surface area contributed by atoms with E-state index in [2.05, 4.69) is 22.1 Å². The fourth-order valence-electron chi connectivity index (χ4n) is 0.778. The molecule has 1 rings (SSSR count). The van der Waals surface area contributed by atoms with Gasteiger partial charge in [-0.1, -0.05) is 23.4 Å². The van der Waals surface area contributed by atoms with Gasteiger partial charge in [-0.25, -0.2) is 0 Å². The molecule has 2 N–H and O–H groups in total. The first-order valence-electron chi connectivity index (χ1n) is 3.75. The normalized spacial score (nSPS) is 9.08. The molecule has 0 spiro atoms. The first-order chi connectivity index (χ1) is 6.24. The Morgan fingerprint density at radius 2 is 2.46 bits per heavy atom. The Morgan fingerprint density at radius 1 is 1.69 bits per heavy atom. The minimum atomic E-state index is -0.215. The molecule has 1 aromatic rings. The molecule has 0 atom stereocenters. The third-order valence-corrected chi connectivity index (χ3v) is 1.57. The number of aromatic nitrogens is 1. The number of H-pyrrole nitrogens is 1. The van der Waals surface area contributed by atoms with Gasteiger partial charge in [0.2, 0.25) is 0 Å². The topological polar surface area (TPSA) is 44.9 Å². The van der Waals surface area contributed by atoms with Gasteiger partial charge in [-0.2, -0.15) is 0 Å². The van der Waals surface area contributed by atoms with Crippen molar-refractivity contribution in [1.29, 1.82) is 0 Å². The number of hydrogen-bond acceptors (Lipinski definition) is 2. The van der Waals surface area contributed by atoms with Crippen molar-refractivity contribution in [2.45, 2.75) is 0 Å². The van der Waals surface area contributed by atoms with Crippen molar-refractivity contribution in [3.63, 3.8) is 0 Å². The van der Waals surface area contributed by atoms with Gasteiger partial charge in [0.15, 0.2) is 0 Å². The monoisotopic (exact) mass is 196 g/mol. The number of nitrogens with one attached hydrogen (secondary N) is 2. The second-order valence-electron chi connectivity index (χ2n) is 2.39. The highest BCUT2D eigenvalue weighted by Crippen LogP contribution is 2.03. The zero-order chi connectivity index (χ0) is 9.68. The summed E-state index contributed by atoms with van der Waals surface area (Å²) in [6.07, 6.45) is 1.44. The second-order valence-corrected chi connectivity index (χ2v) is 2.83. The lowest BCUT2D eigenvalue weighted by Crippen LogP contribution is -2.09. The highest BCUT2D eigenvalue weighted by molar-refractivity contribution is 6.30. The molecular weight excluding hydrogens is 188 g/mol. The molecule has 0 unspecified atom stereocenters.